The van der Waals surface area contributed by atoms with Crippen LogP contribution in [0.4, 0.5) is 0 Å². The molecule has 10 N–H and O–H groups in total. The summed E-state index contributed by atoms with van der Waals surface area (Å²) in [6.45, 7) is 12.7. The highest BCUT2D eigenvalue weighted by Crippen LogP contribution is 2.45. The minimum absolute atomic E-state index is 0. The van der Waals surface area contributed by atoms with Crippen LogP contribution in [0.1, 0.15) is 92.9 Å². The van der Waals surface area contributed by atoms with E-state index in [1.807, 2.05) is 0 Å². The largest absolute Gasteiger partial charge is 0.412 e. The van der Waals surface area contributed by atoms with Crippen LogP contribution in [0.15, 0.2) is 0 Å². The minimum atomic E-state index is 0. The number of likely N-dealkylation sites (tertiary alicyclic amines) is 1. The number of piperidine rings is 1. The van der Waals surface area contributed by atoms with Crippen LogP contribution in [0.2, 0.25) is 0 Å². The number of hydrogen-bond acceptors (Lipinski definition) is 4. The molecule has 1 heterocycles. The van der Waals surface area contributed by atoms with E-state index >= 15 is 0 Å². The van der Waals surface area contributed by atoms with Gasteiger partial charge in [0.25, 0.3) is 0 Å². The first kappa shape index (κ1) is 41.4. The zero-order valence-electron chi connectivity index (χ0n) is 23.2. The quantitative estimate of drug-likeness (QED) is 0.336. The van der Waals surface area contributed by atoms with Crippen LogP contribution in [0, 0.1) is 29.1 Å². The van der Waals surface area contributed by atoms with Crippen molar-refractivity contribution in [2.24, 2.45) is 29.1 Å². The van der Waals surface area contributed by atoms with Crippen molar-refractivity contribution in [3.05, 3.63) is 0 Å². The van der Waals surface area contributed by atoms with E-state index in [0.29, 0.717) is 22.8 Å². The maximum absolute atomic E-state index is 13.1. The highest BCUT2D eigenvalue weighted by atomic mass is 35.5. The van der Waals surface area contributed by atoms with Gasteiger partial charge in [0.05, 0.1) is 0 Å². The van der Waals surface area contributed by atoms with E-state index in [2.05, 4.69) is 48.9 Å². The molecule has 0 radical (unpaired) electrons. The number of nitrogens with one attached hydrogen (secondary N) is 2. The molecular weight excluding hydrogens is 514 g/mol. The number of halogens is 1. The third kappa shape index (κ3) is 11.9. The lowest BCUT2D eigenvalue weighted by Crippen LogP contribution is -2.54. The molecule has 4 atom stereocenters. The molecule has 3 fully saturated rings. The highest BCUT2D eigenvalue weighted by Gasteiger charge is 2.41. The van der Waals surface area contributed by atoms with Gasteiger partial charge in [-0.15, -0.1) is 11.6 Å². The van der Waals surface area contributed by atoms with Crippen molar-refractivity contribution >= 4 is 29.5 Å². The fourth-order valence-electron chi connectivity index (χ4n) is 6.70. The maximum atomic E-state index is 13.1. The van der Waals surface area contributed by atoms with Gasteiger partial charge >= 0.3 is 0 Å². The molecule has 0 aromatic rings. The molecule has 0 bridgehead atoms. The Morgan fingerprint density at radius 1 is 1.03 bits per heavy atom. The van der Waals surface area contributed by atoms with Gasteiger partial charge in [-0.2, -0.15) is 0 Å². The molecule has 3 unspecified atom stereocenters. The van der Waals surface area contributed by atoms with E-state index in [0.717, 1.165) is 50.7 Å². The Labute approximate surface area is 236 Å². The first-order valence-corrected chi connectivity index (χ1v) is 14.8. The fraction of sp³-hybridized carbons (Fsp3) is 0.963. The van der Waals surface area contributed by atoms with Gasteiger partial charge in [-0.25, -0.2) is 0 Å². The third-order valence-electron chi connectivity index (χ3n) is 8.58. The summed E-state index contributed by atoms with van der Waals surface area (Å²) < 4.78 is 3.47. The second kappa shape index (κ2) is 19.0. The van der Waals surface area contributed by atoms with Crippen LogP contribution in [-0.2, 0) is 4.79 Å². The van der Waals surface area contributed by atoms with E-state index in [9.17, 15) is 4.79 Å². The lowest BCUT2D eigenvalue weighted by molar-refractivity contribution is -0.127. The van der Waals surface area contributed by atoms with Crippen molar-refractivity contribution in [1.82, 2.24) is 14.9 Å². The fourth-order valence-corrected chi connectivity index (χ4v) is 7.50. The lowest BCUT2D eigenvalue weighted by atomic mass is 9.64. The van der Waals surface area contributed by atoms with Crippen LogP contribution < -0.4 is 10.0 Å². The number of carbonyl (C=O) groups is 1. The van der Waals surface area contributed by atoms with Gasteiger partial charge < -0.3 is 32.1 Å². The lowest BCUT2D eigenvalue weighted by Gasteiger charge is -2.49. The molecule has 0 spiro atoms. The number of nitrogens with zero attached hydrogens (tertiary/aromatic N) is 1. The predicted octanol–water partition coefficient (Wildman–Crippen LogP) is 3.04. The first-order chi connectivity index (χ1) is 15.2. The van der Waals surface area contributed by atoms with Crippen molar-refractivity contribution in [2.75, 3.05) is 25.9 Å². The molecule has 0 aromatic heterocycles. The highest BCUT2D eigenvalue weighted by molar-refractivity contribution is 7.96. The molecule has 0 aromatic carbocycles. The van der Waals surface area contributed by atoms with Crippen LogP contribution in [0.25, 0.3) is 0 Å². The molecule has 3 rings (SSSR count). The monoisotopic (exact) mass is 573 g/mol. The maximum Gasteiger partial charge on any atom is 0.223 e. The summed E-state index contributed by atoms with van der Waals surface area (Å²) in [5.74, 6) is 2.54. The van der Waals surface area contributed by atoms with Gasteiger partial charge in [0.15, 0.2) is 0 Å². The Morgan fingerprint density at radius 2 is 1.65 bits per heavy atom. The summed E-state index contributed by atoms with van der Waals surface area (Å²) in [4.78, 5) is 15.8. The Hall–Kier alpha value is -0.130. The van der Waals surface area contributed by atoms with Gasteiger partial charge in [-0.3, -0.25) is 9.52 Å². The Balaban J connectivity index is -0.00000231. The number of rotatable bonds is 8. The number of carbonyl (C=O) groups excluding carboxylic acids is 1. The van der Waals surface area contributed by atoms with Gasteiger partial charge in [0, 0.05) is 36.5 Å². The first-order valence-electron chi connectivity index (χ1n) is 13.1. The second-order valence-electron chi connectivity index (χ2n) is 11.9. The summed E-state index contributed by atoms with van der Waals surface area (Å²) in [7, 11) is 0. The average Bonchev–Trinajstić information content (AvgIpc) is 2.74. The molecule has 226 valence electrons. The van der Waals surface area contributed by atoms with Crippen molar-refractivity contribution in [3.63, 3.8) is 0 Å². The Kier molecular flexibility index (Phi) is 21.3. The molecule has 2 saturated carbocycles. The topological polar surface area (TPSA) is 170 Å². The van der Waals surface area contributed by atoms with Crippen molar-refractivity contribution in [3.8, 4) is 0 Å². The summed E-state index contributed by atoms with van der Waals surface area (Å²) in [6, 6.07) is 0.705. The second-order valence-corrected chi connectivity index (χ2v) is 13.1. The molecule has 3 aliphatic rings. The van der Waals surface area contributed by atoms with E-state index in [-0.39, 0.29) is 47.2 Å². The van der Waals surface area contributed by atoms with E-state index in [1.165, 1.54) is 38.5 Å². The van der Waals surface area contributed by atoms with Crippen LogP contribution >= 0.6 is 23.5 Å². The van der Waals surface area contributed by atoms with Crippen molar-refractivity contribution in [2.45, 2.75) is 110 Å². The number of hydrogen-bond donors (Lipinski definition) is 2. The molecule has 1 aliphatic heterocycles. The molecule has 37 heavy (non-hydrogen) atoms. The van der Waals surface area contributed by atoms with Crippen LogP contribution in [-0.4, -0.2) is 76.1 Å². The van der Waals surface area contributed by atoms with Crippen molar-refractivity contribution < 1.29 is 26.7 Å². The number of amides is 1. The predicted molar refractivity (Wildman–Crippen MR) is 160 cm³/mol. The van der Waals surface area contributed by atoms with Crippen LogP contribution in [0.5, 0.6) is 0 Å². The summed E-state index contributed by atoms with van der Waals surface area (Å²) in [6.07, 6.45) is 12.7. The van der Waals surface area contributed by atoms with E-state index < -0.39 is 0 Å². The molecule has 1 saturated heterocycles. The summed E-state index contributed by atoms with van der Waals surface area (Å²) >= 11 is 8.06. The summed E-state index contributed by atoms with van der Waals surface area (Å²) in [5.41, 5.74) is 0.327. The van der Waals surface area contributed by atoms with Crippen LogP contribution in [0.3, 0.4) is 0 Å². The zero-order valence-corrected chi connectivity index (χ0v) is 24.7. The Morgan fingerprint density at radius 3 is 2.19 bits per heavy atom. The smallest absolute Gasteiger partial charge is 0.223 e. The summed E-state index contributed by atoms with van der Waals surface area (Å²) in [5, 5.41) is 3.88. The standard InChI is InChI=1S/C26H48ClN3OS.CH4.4H2O/c1-18(2)24(28-25(31)20-7-6-8-22(15-20)29-32-5)16-30-14-13-23(26(3,4)17-30)19-9-11-21(27)12-10-19;;;;;/h18-24,29H,6-17H2,1-5H3,(H,28,31);1H4;4*1H2/t19?,20?,21?,22?,23?,24-;;;;;/m0...../s1. The molecule has 2 aliphatic carbocycles. The number of alkyl halides is 1. The molecule has 8 nitrogen and oxygen atoms in total. The zero-order chi connectivity index (χ0) is 23.3. The van der Waals surface area contributed by atoms with E-state index in [4.69, 9.17) is 11.6 Å². The van der Waals surface area contributed by atoms with Gasteiger partial charge in [0.2, 0.25) is 5.91 Å². The average molecular weight is 574 g/mol. The van der Waals surface area contributed by atoms with E-state index in [1.54, 1.807) is 11.9 Å². The van der Waals surface area contributed by atoms with Gasteiger partial charge in [-0.1, -0.05) is 53.5 Å². The molecule has 10 heteroatoms. The molecule has 1 amide bonds. The third-order valence-corrected chi connectivity index (χ3v) is 9.58. The normalized spacial score (nSPS) is 30.2. The molecular formula is C27H60ClN3O5S. The SMILES string of the molecule is C.CSNC1CCCC(C(=O)N[C@@H](CN2CCC(C3CCC(Cl)CC3)C(C)(C)C2)C(C)C)C1.O.O.O.O. The van der Waals surface area contributed by atoms with Gasteiger partial charge in [-0.05, 0) is 87.3 Å². The van der Waals surface area contributed by atoms with Crippen molar-refractivity contribution in [1.29, 1.82) is 0 Å². The van der Waals surface area contributed by atoms with Gasteiger partial charge in [0.1, 0.15) is 0 Å². The minimum Gasteiger partial charge on any atom is -0.412 e. The Bertz CT molecular complexity index is 607.